The summed E-state index contributed by atoms with van der Waals surface area (Å²) in [6, 6.07) is 18.6. The molecule has 1 heteroatoms. The molecule has 0 radical (unpaired) electrons. The van der Waals surface area contributed by atoms with E-state index in [4.69, 9.17) is 4.74 Å². The molecular formula is C17H16O. The summed E-state index contributed by atoms with van der Waals surface area (Å²) in [5, 5.41) is 0. The number of ether oxygens (including phenoxy) is 1. The van der Waals surface area contributed by atoms with Crippen LogP contribution in [0.4, 0.5) is 0 Å². The van der Waals surface area contributed by atoms with Crippen LogP contribution in [0.1, 0.15) is 16.7 Å². The van der Waals surface area contributed by atoms with E-state index in [1.807, 2.05) is 24.3 Å². The molecule has 0 saturated heterocycles. The van der Waals surface area contributed by atoms with Gasteiger partial charge in [-0.2, -0.15) is 0 Å². The molecule has 0 heterocycles. The maximum Gasteiger partial charge on any atom is 0.0830 e. The van der Waals surface area contributed by atoms with Crippen LogP contribution in [0.2, 0.25) is 0 Å². The Bertz CT molecular complexity index is 521. The van der Waals surface area contributed by atoms with Gasteiger partial charge in [0.15, 0.2) is 0 Å². The van der Waals surface area contributed by atoms with Gasteiger partial charge in [0.2, 0.25) is 0 Å². The van der Waals surface area contributed by atoms with Gasteiger partial charge in [-0.15, -0.1) is 0 Å². The lowest BCUT2D eigenvalue weighted by molar-refractivity contribution is 0.341. The maximum atomic E-state index is 4.89. The zero-order chi connectivity index (χ0) is 12.6. The van der Waals surface area contributed by atoms with Crippen LogP contribution in [0.5, 0.6) is 0 Å². The van der Waals surface area contributed by atoms with Crippen LogP contribution in [-0.2, 0) is 4.74 Å². The minimum Gasteiger partial charge on any atom is -0.504 e. The van der Waals surface area contributed by atoms with E-state index in [0.717, 1.165) is 5.56 Å². The standard InChI is InChI=1S/C17H16O/c1-18-14-13-17-11-9-16(10-12-17)8-7-15-5-3-2-4-6-15/h2-14H,1H3/b8-7+,14-13+. The molecular weight excluding hydrogens is 220 g/mol. The minimum absolute atomic E-state index is 1.13. The Kier molecular flexibility index (Phi) is 4.37. The van der Waals surface area contributed by atoms with Crippen molar-refractivity contribution in [2.45, 2.75) is 0 Å². The Labute approximate surface area is 108 Å². The molecule has 0 aliphatic rings. The molecule has 0 aromatic heterocycles. The van der Waals surface area contributed by atoms with Crippen molar-refractivity contribution in [3.05, 3.63) is 77.5 Å². The molecule has 2 aromatic rings. The summed E-state index contributed by atoms with van der Waals surface area (Å²) >= 11 is 0. The lowest BCUT2D eigenvalue weighted by Gasteiger charge is -1.96. The van der Waals surface area contributed by atoms with Gasteiger partial charge < -0.3 is 4.74 Å². The second-order valence-corrected chi connectivity index (χ2v) is 3.95. The molecule has 1 nitrogen and oxygen atoms in total. The van der Waals surface area contributed by atoms with Gasteiger partial charge in [0, 0.05) is 0 Å². The van der Waals surface area contributed by atoms with E-state index in [9.17, 15) is 0 Å². The molecule has 0 spiro atoms. The van der Waals surface area contributed by atoms with Gasteiger partial charge in [0.25, 0.3) is 0 Å². The molecule has 0 unspecified atom stereocenters. The van der Waals surface area contributed by atoms with Crippen molar-refractivity contribution in [1.82, 2.24) is 0 Å². The van der Waals surface area contributed by atoms with Crippen LogP contribution in [0.25, 0.3) is 18.2 Å². The van der Waals surface area contributed by atoms with Gasteiger partial charge in [-0.3, -0.25) is 0 Å². The Balaban J connectivity index is 2.06. The van der Waals surface area contributed by atoms with E-state index >= 15 is 0 Å². The predicted molar refractivity (Wildman–Crippen MR) is 77.9 cm³/mol. The lowest BCUT2D eigenvalue weighted by atomic mass is 10.1. The first-order valence-electron chi connectivity index (χ1n) is 5.91. The zero-order valence-electron chi connectivity index (χ0n) is 10.4. The van der Waals surface area contributed by atoms with Gasteiger partial charge in [-0.25, -0.2) is 0 Å². The molecule has 0 amide bonds. The van der Waals surface area contributed by atoms with Crippen molar-refractivity contribution in [2.24, 2.45) is 0 Å². The van der Waals surface area contributed by atoms with E-state index in [0.29, 0.717) is 0 Å². The Morgan fingerprint density at radius 2 is 1.17 bits per heavy atom. The largest absolute Gasteiger partial charge is 0.504 e. The molecule has 90 valence electrons. The van der Waals surface area contributed by atoms with Crippen molar-refractivity contribution in [2.75, 3.05) is 7.11 Å². The second kappa shape index (κ2) is 6.45. The van der Waals surface area contributed by atoms with Crippen molar-refractivity contribution in [3.63, 3.8) is 0 Å². The molecule has 0 bridgehead atoms. The van der Waals surface area contributed by atoms with Crippen LogP contribution >= 0.6 is 0 Å². The minimum atomic E-state index is 1.13. The highest BCUT2D eigenvalue weighted by atomic mass is 16.5. The van der Waals surface area contributed by atoms with E-state index in [-0.39, 0.29) is 0 Å². The third-order valence-corrected chi connectivity index (χ3v) is 2.60. The number of benzene rings is 2. The second-order valence-electron chi connectivity index (χ2n) is 3.95. The van der Waals surface area contributed by atoms with Crippen LogP contribution in [0.3, 0.4) is 0 Å². The van der Waals surface area contributed by atoms with Crippen molar-refractivity contribution in [3.8, 4) is 0 Å². The molecule has 2 rings (SSSR count). The van der Waals surface area contributed by atoms with Gasteiger partial charge in [-0.05, 0) is 22.8 Å². The Hall–Kier alpha value is -2.28. The van der Waals surface area contributed by atoms with E-state index < -0.39 is 0 Å². The summed E-state index contributed by atoms with van der Waals surface area (Å²) in [7, 11) is 1.65. The third-order valence-electron chi connectivity index (χ3n) is 2.60. The van der Waals surface area contributed by atoms with Crippen LogP contribution in [0, 0.1) is 0 Å². The first-order valence-corrected chi connectivity index (χ1v) is 5.91. The highest BCUT2D eigenvalue weighted by molar-refractivity contribution is 5.70. The van der Waals surface area contributed by atoms with Crippen molar-refractivity contribution < 1.29 is 4.74 Å². The molecule has 18 heavy (non-hydrogen) atoms. The van der Waals surface area contributed by atoms with E-state index in [1.165, 1.54) is 11.1 Å². The molecule has 2 aromatic carbocycles. The number of methoxy groups -OCH3 is 1. The molecule has 0 aliphatic carbocycles. The van der Waals surface area contributed by atoms with Crippen molar-refractivity contribution in [1.29, 1.82) is 0 Å². The summed E-state index contributed by atoms with van der Waals surface area (Å²) in [4.78, 5) is 0. The number of hydrogen-bond acceptors (Lipinski definition) is 1. The Morgan fingerprint density at radius 3 is 1.72 bits per heavy atom. The number of rotatable bonds is 4. The van der Waals surface area contributed by atoms with E-state index in [1.54, 1.807) is 13.4 Å². The number of hydrogen-bond donors (Lipinski definition) is 0. The van der Waals surface area contributed by atoms with Crippen LogP contribution < -0.4 is 0 Å². The quantitative estimate of drug-likeness (QED) is 0.562. The molecule has 0 N–H and O–H groups in total. The zero-order valence-corrected chi connectivity index (χ0v) is 10.4. The first kappa shape index (κ1) is 12.2. The monoisotopic (exact) mass is 236 g/mol. The maximum absolute atomic E-state index is 4.89. The molecule has 0 atom stereocenters. The summed E-state index contributed by atoms with van der Waals surface area (Å²) in [5.41, 5.74) is 3.53. The fraction of sp³-hybridized carbons (Fsp3) is 0.0588. The third kappa shape index (κ3) is 3.63. The average molecular weight is 236 g/mol. The Morgan fingerprint density at radius 1 is 0.667 bits per heavy atom. The smallest absolute Gasteiger partial charge is 0.0830 e. The van der Waals surface area contributed by atoms with Gasteiger partial charge >= 0.3 is 0 Å². The summed E-state index contributed by atoms with van der Waals surface area (Å²) in [5.74, 6) is 0. The highest BCUT2D eigenvalue weighted by Gasteiger charge is 1.89. The fourth-order valence-corrected chi connectivity index (χ4v) is 1.62. The van der Waals surface area contributed by atoms with Gasteiger partial charge in [0.05, 0.1) is 13.4 Å². The molecule has 0 aliphatic heterocycles. The SMILES string of the molecule is CO/C=C/c1ccc(/C=C/c2ccccc2)cc1. The van der Waals surface area contributed by atoms with Crippen molar-refractivity contribution >= 4 is 18.2 Å². The summed E-state index contributed by atoms with van der Waals surface area (Å²) in [6.07, 6.45) is 7.83. The average Bonchev–Trinajstić information content (AvgIpc) is 2.45. The molecule has 0 fully saturated rings. The summed E-state index contributed by atoms with van der Waals surface area (Å²) < 4.78 is 4.89. The normalized spacial score (nSPS) is 11.2. The van der Waals surface area contributed by atoms with Gasteiger partial charge in [0.1, 0.15) is 0 Å². The first-order chi connectivity index (χ1) is 8.88. The fourth-order valence-electron chi connectivity index (χ4n) is 1.62. The van der Waals surface area contributed by atoms with Gasteiger partial charge in [-0.1, -0.05) is 66.7 Å². The highest BCUT2D eigenvalue weighted by Crippen LogP contribution is 2.10. The van der Waals surface area contributed by atoms with E-state index in [2.05, 4.69) is 48.6 Å². The summed E-state index contributed by atoms with van der Waals surface area (Å²) in [6.45, 7) is 0. The lowest BCUT2D eigenvalue weighted by Crippen LogP contribution is -1.75. The molecule has 0 saturated carbocycles. The van der Waals surface area contributed by atoms with Crippen LogP contribution in [0.15, 0.2) is 60.9 Å². The van der Waals surface area contributed by atoms with Crippen LogP contribution in [-0.4, -0.2) is 7.11 Å². The topological polar surface area (TPSA) is 9.23 Å². The predicted octanol–water partition coefficient (Wildman–Crippen LogP) is 4.47.